The Balaban J connectivity index is 1.60. The minimum absolute atomic E-state index is 0.180. The number of nitrogens with one attached hydrogen (secondary N) is 2. The number of carbonyl (C=O) groups excluding carboxylic acids is 3. The van der Waals surface area contributed by atoms with Gasteiger partial charge >= 0.3 is 6.09 Å². The molecule has 0 aliphatic heterocycles. The standard InChI is InChI=1S/C29H31N7O6/c1-17(2)22(23(38)25-34-35-27(42-25)29(3,4)19-12-9-13-30-14-19)33-21(37)16-36-24(18-10-7-6-8-11-18)31-15-20(26(36)39)32-28(40)41-5/h6-15,17,22H,16H2,1-5H3,(H,32,40)(H,33,37)/t22-/m1/s1. The number of nitrogens with zero attached hydrogens (tertiary/aromatic N) is 5. The number of amides is 2. The highest BCUT2D eigenvalue weighted by Gasteiger charge is 2.34. The van der Waals surface area contributed by atoms with Crippen molar-refractivity contribution < 1.29 is 23.5 Å². The van der Waals surface area contributed by atoms with Crippen LogP contribution < -0.4 is 16.2 Å². The van der Waals surface area contributed by atoms with Gasteiger partial charge in [-0.05, 0) is 31.4 Å². The zero-order chi connectivity index (χ0) is 30.4. The second kappa shape index (κ2) is 12.5. The van der Waals surface area contributed by atoms with E-state index in [4.69, 9.17) is 4.42 Å². The Hall–Kier alpha value is -5.20. The molecule has 218 valence electrons. The molecule has 3 heterocycles. The van der Waals surface area contributed by atoms with E-state index >= 15 is 0 Å². The van der Waals surface area contributed by atoms with Crippen LogP contribution in [0.15, 0.2) is 70.3 Å². The van der Waals surface area contributed by atoms with Crippen LogP contribution in [-0.2, 0) is 21.5 Å². The molecular formula is C29H31N7O6. The molecule has 0 fully saturated rings. The van der Waals surface area contributed by atoms with Crippen molar-refractivity contribution in [3.63, 3.8) is 0 Å². The van der Waals surface area contributed by atoms with E-state index in [-0.39, 0.29) is 29.2 Å². The Labute approximate surface area is 241 Å². The van der Waals surface area contributed by atoms with Gasteiger partial charge < -0.3 is 14.5 Å². The fraction of sp³-hybridized carbons (Fsp3) is 0.310. The molecule has 0 saturated heterocycles. The van der Waals surface area contributed by atoms with Crippen LogP contribution in [-0.4, -0.2) is 55.7 Å². The highest BCUT2D eigenvalue weighted by molar-refractivity contribution is 5.98. The van der Waals surface area contributed by atoms with Gasteiger partial charge in [-0.3, -0.25) is 29.3 Å². The minimum atomic E-state index is -1.03. The third-order valence-electron chi connectivity index (χ3n) is 6.62. The SMILES string of the molecule is COC(=O)Nc1cnc(-c2ccccc2)n(CC(=O)N[C@@H](C(=O)c2nnc(C(C)(C)c3cccnc3)o2)C(C)C)c1=O. The van der Waals surface area contributed by atoms with E-state index in [1.165, 1.54) is 6.20 Å². The maximum absolute atomic E-state index is 13.4. The van der Waals surface area contributed by atoms with Crippen molar-refractivity contribution in [2.24, 2.45) is 5.92 Å². The van der Waals surface area contributed by atoms with Crippen LogP contribution in [0.4, 0.5) is 10.5 Å². The van der Waals surface area contributed by atoms with Gasteiger partial charge in [0.1, 0.15) is 18.1 Å². The van der Waals surface area contributed by atoms with Crippen molar-refractivity contribution in [3.05, 3.63) is 88.8 Å². The minimum Gasteiger partial charge on any atom is -0.453 e. The van der Waals surface area contributed by atoms with Crippen LogP contribution in [0.5, 0.6) is 0 Å². The first-order chi connectivity index (χ1) is 20.0. The third kappa shape index (κ3) is 6.40. The van der Waals surface area contributed by atoms with Gasteiger partial charge in [0, 0.05) is 18.0 Å². The van der Waals surface area contributed by atoms with Crippen molar-refractivity contribution in [2.75, 3.05) is 12.4 Å². The largest absolute Gasteiger partial charge is 0.453 e. The molecule has 2 amide bonds. The van der Waals surface area contributed by atoms with Crippen LogP contribution in [0.25, 0.3) is 11.4 Å². The van der Waals surface area contributed by atoms with Crippen LogP contribution in [0.2, 0.25) is 0 Å². The van der Waals surface area contributed by atoms with Gasteiger partial charge in [-0.1, -0.05) is 50.2 Å². The molecule has 0 radical (unpaired) electrons. The number of Topliss-reactive ketones (excluding diaryl/α,β-unsaturated/α-hetero) is 1. The van der Waals surface area contributed by atoms with E-state index in [1.54, 1.807) is 62.6 Å². The Morgan fingerprint density at radius 1 is 1.05 bits per heavy atom. The molecule has 0 bridgehead atoms. The number of hydrogen-bond acceptors (Lipinski definition) is 10. The Bertz CT molecular complexity index is 1630. The first kappa shape index (κ1) is 29.8. The van der Waals surface area contributed by atoms with E-state index in [9.17, 15) is 19.2 Å². The lowest BCUT2D eigenvalue weighted by Crippen LogP contribution is -2.46. The highest BCUT2D eigenvalue weighted by Crippen LogP contribution is 2.30. The molecule has 0 saturated carbocycles. The van der Waals surface area contributed by atoms with Gasteiger partial charge in [0.2, 0.25) is 17.6 Å². The molecule has 4 aromatic rings. The number of carbonyl (C=O) groups is 3. The Morgan fingerprint density at radius 3 is 2.43 bits per heavy atom. The summed E-state index contributed by atoms with van der Waals surface area (Å²) in [5, 5.41) is 13.1. The van der Waals surface area contributed by atoms with Gasteiger partial charge in [0.15, 0.2) is 0 Å². The number of hydrogen-bond donors (Lipinski definition) is 2. The summed E-state index contributed by atoms with van der Waals surface area (Å²) in [6.45, 7) is 6.75. The average Bonchev–Trinajstić information content (AvgIpc) is 3.50. The molecule has 0 unspecified atom stereocenters. The van der Waals surface area contributed by atoms with Crippen LogP contribution in [0.3, 0.4) is 0 Å². The molecule has 0 aliphatic carbocycles. The molecule has 1 atom stereocenters. The first-order valence-electron chi connectivity index (χ1n) is 13.1. The van der Waals surface area contributed by atoms with Crippen molar-refractivity contribution >= 4 is 23.5 Å². The summed E-state index contributed by atoms with van der Waals surface area (Å²) >= 11 is 0. The topological polar surface area (TPSA) is 171 Å². The Morgan fingerprint density at radius 2 is 1.79 bits per heavy atom. The molecule has 42 heavy (non-hydrogen) atoms. The van der Waals surface area contributed by atoms with Gasteiger partial charge in [0.05, 0.1) is 24.8 Å². The third-order valence-corrected chi connectivity index (χ3v) is 6.62. The van der Waals surface area contributed by atoms with Crippen LogP contribution >= 0.6 is 0 Å². The van der Waals surface area contributed by atoms with E-state index in [1.807, 2.05) is 19.9 Å². The zero-order valence-electron chi connectivity index (χ0n) is 23.8. The number of pyridine rings is 1. The highest BCUT2D eigenvalue weighted by atomic mass is 16.5. The van der Waals surface area contributed by atoms with Crippen LogP contribution in [0.1, 0.15) is 49.8 Å². The van der Waals surface area contributed by atoms with E-state index in [2.05, 4.69) is 35.5 Å². The number of ketones is 1. The number of ether oxygens (including phenoxy) is 1. The lowest BCUT2D eigenvalue weighted by atomic mass is 9.86. The first-order valence-corrected chi connectivity index (χ1v) is 13.1. The summed E-state index contributed by atoms with van der Waals surface area (Å²) in [6.07, 6.45) is 3.65. The fourth-order valence-corrected chi connectivity index (χ4v) is 4.17. The van der Waals surface area contributed by atoms with E-state index in [0.29, 0.717) is 5.56 Å². The second-order valence-electron chi connectivity index (χ2n) is 10.3. The lowest BCUT2D eigenvalue weighted by molar-refractivity contribution is -0.122. The smallest absolute Gasteiger partial charge is 0.411 e. The quantitative estimate of drug-likeness (QED) is 0.268. The average molecular weight is 574 g/mol. The maximum atomic E-state index is 13.4. The molecular weight excluding hydrogens is 542 g/mol. The van der Waals surface area contributed by atoms with E-state index < -0.39 is 41.3 Å². The van der Waals surface area contributed by atoms with Crippen molar-refractivity contribution in [1.82, 2.24) is 30.0 Å². The maximum Gasteiger partial charge on any atom is 0.411 e. The molecule has 13 heteroatoms. The second-order valence-corrected chi connectivity index (χ2v) is 10.3. The van der Waals surface area contributed by atoms with E-state index in [0.717, 1.165) is 17.2 Å². The normalized spacial score (nSPS) is 12.0. The summed E-state index contributed by atoms with van der Waals surface area (Å²) < 4.78 is 11.5. The fourth-order valence-electron chi connectivity index (χ4n) is 4.17. The van der Waals surface area contributed by atoms with Gasteiger partial charge in [-0.15, -0.1) is 10.2 Å². The summed E-state index contributed by atoms with van der Waals surface area (Å²) in [5.74, 6) is -1.43. The molecule has 4 rings (SSSR count). The lowest BCUT2D eigenvalue weighted by Gasteiger charge is -2.21. The molecule has 13 nitrogen and oxygen atoms in total. The summed E-state index contributed by atoms with van der Waals surface area (Å²) in [5.41, 5.74) is -0.199. The van der Waals surface area contributed by atoms with Gasteiger partial charge in [0.25, 0.3) is 11.4 Å². The predicted molar refractivity (Wildman–Crippen MR) is 152 cm³/mol. The molecule has 0 aliphatic rings. The van der Waals surface area contributed by atoms with Crippen molar-refractivity contribution in [1.29, 1.82) is 0 Å². The van der Waals surface area contributed by atoms with Gasteiger partial charge in [-0.25, -0.2) is 9.78 Å². The molecule has 1 aromatic carbocycles. The summed E-state index contributed by atoms with van der Waals surface area (Å²) in [4.78, 5) is 60.2. The molecule has 0 spiro atoms. The van der Waals surface area contributed by atoms with Crippen molar-refractivity contribution in [3.8, 4) is 11.4 Å². The Kier molecular flexibility index (Phi) is 8.89. The number of aromatic nitrogens is 5. The number of methoxy groups -OCH3 is 1. The van der Waals surface area contributed by atoms with Gasteiger partial charge in [-0.2, -0.15) is 0 Å². The summed E-state index contributed by atoms with van der Waals surface area (Å²) in [6, 6.07) is 11.4. The number of anilines is 1. The number of benzene rings is 1. The van der Waals surface area contributed by atoms with Crippen molar-refractivity contribution in [2.45, 2.75) is 45.7 Å². The zero-order valence-corrected chi connectivity index (χ0v) is 23.8. The van der Waals surface area contributed by atoms with Crippen LogP contribution in [0, 0.1) is 5.92 Å². The molecule has 3 aromatic heterocycles. The molecule has 2 N–H and O–H groups in total. The predicted octanol–water partition coefficient (Wildman–Crippen LogP) is 3.22. The summed E-state index contributed by atoms with van der Waals surface area (Å²) in [7, 11) is 1.16. The monoisotopic (exact) mass is 573 g/mol. The number of rotatable bonds is 10.